The van der Waals surface area contributed by atoms with E-state index in [9.17, 15) is 4.79 Å². The lowest BCUT2D eigenvalue weighted by molar-refractivity contribution is 0.0954. The molecule has 1 saturated carbocycles. The van der Waals surface area contributed by atoms with Gasteiger partial charge in [0.15, 0.2) is 0 Å². The number of nitrogens with zero attached hydrogens (tertiary/aromatic N) is 2. The molecule has 0 unspecified atom stereocenters. The smallest absolute Gasteiger partial charge is 0.263 e. The van der Waals surface area contributed by atoms with Gasteiger partial charge in [0.1, 0.15) is 5.49 Å². The van der Waals surface area contributed by atoms with E-state index < -0.39 is 0 Å². The zero-order valence-electron chi connectivity index (χ0n) is 14.0. The summed E-state index contributed by atoms with van der Waals surface area (Å²) in [6, 6.07) is 12.1. The fourth-order valence-corrected chi connectivity index (χ4v) is 3.35. The van der Waals surface area contributed by atoms with Crippen LogP contribution in [0.5, 0.6) is 0 Å². The molecule has 0 saturated heterocycles. The number of carbonyl (C=O) groups is 1. The van der Waals surface area contributed by atoms with Crippen LogP contribution in [0, 0.1) is 13.8 Å². The molecule has 1 aliphatic rings. The first-order chi connectivity index (χ1) is 11.1. The van der Waals surface area contributed by atoms with Crippen molar-refractivity contribution < 1.29 is 4.79 Å². The normalized spacial score (nSPS) is 16.5. The summed E-state index contributed by atoms with van der Waals surface area (Å²) < 4.78 is 1.68. The molecule has 1 aromatic heterocycles. The quantitative estimate of drug-likeness (QED) is 0.825. The summed E-state index contributed by atoms with van der Waals surface area (Å²) in [5.74, 6) is -0.00744. The third-order valence-corrected chi connectivity index (χ3v) is 4.42. The monoisotopic (exact) mass is 308 g/mol. The Morgan fingerprint density at radius 1 is 1.04 bits per heavy atom. The number of aryl methyl sites for hydroxylation is 2. The van der Waals surface area contributed by atoms with E-state index >= 15 is 0 Å². The van der Waals surface area contributed by atoms with E-state index in [0.717, 1.165) is 35.0 Å². The van der Waals surface area contributed by atoms with Gasteiger partial charge >= 0.3 is 0 Å². The Balaban J connectivity index is 1.99. The topological polar surface area (TPSA) is 34.4 Å². The minimum absolute atomic E-state index is 0.00744. The number of hydrogen-bond donors (Lipinski definition) is 0. The molecule has 2 aromatic rings. The van der Waals surface area contributed by atoms with Crippen LogP contribution in [0.15, 0.2) is 47.6 Å². The number of hydrogen-bond acceptors (Lipinski definition) is 2. The largest absolute Gasteiger partial charge is 0.268 e. The molecule has 0 bridgehead atoms. The Labute approximate surface area is 137 Å². The highest BCUT2D eigenvalue weighted by Crippen LogP contribution is 2.19. The van der Waals surface area contributed by atoms with E-state index in [1.165, 1.54) is 19.3 Å². The molecular formula is C20H24N2O. The van der Waals surface area contributed by atoms with Gasteiger partial charge in [0.05, 0.1) is 6.04 Å². The standard InChI is InChI=1S/C20H24N2O/c1-15-12-16(2)14-17(13-15)20(23)22-11-7-6-10-19(22)21-18-8-4-3-5-9-18/h6-7,10-14,18H,3-5,8-9H2,1-2H3. The van der Waals surface area contributed by atoms with Crippen LogP contribution in [0.25, 0.3) is 0 Å². The summed E-state index contributed by atoms with van der Waals surface area (Å²) in [6.07, 6.45) is 7.88. The molecule has 0 aliphatic heterocycles. The van der Waals surface area contributed by atoms with Crippen molar-refractivity contribution >= 4 is 5.91 Å². The van der Waals surface area contributed by atoms with Crippen molar-refractivity contribution in [3.63, 3.8) is 0 Å². The van der Waals surface area contributed by atoms with Crippen molar-refractivity contribution in [2.45, 2.75) is 52.0 Å². The predicted molar refractivity (Wildman–Crippen MR) is 92.5 cm³/mol. The van der Waals surface area contributed by atoms with Gasteiger partial charge in [0.25, 0.3) is 5.91 Å². The molecule has 3 nitrogen and oxygen atoms in total. The Morgan fingerprint density at radius 2 is 1.74 bits per heavy atom. The highest BCUT2D eigenvalue weighted by atomic mass is 16.2. The van der Waals surface area contributed by atoms with Crippen molar-refractivity contribution in [3.05, 3.63) is 64.8 Å². The molecule has 1 fully saturated rings. The van der Waals surface area contributed by atoms with E-state index in [1.807, 2.05) is 50.4 Å². The Morgan fingerprint density at radius 3 is 2.43 bits per heavy atom. The summed E-state index contributed by atoms with van der Waals surface area (Å²) >= 11 is 0. The second-order valence-corrected chi connectivity index (χ2v) is 6.53. The Kier molecular flexibility index (Phi) is 4.75. The minimum atomic E-state index is -0.00744. The molecule has 1 aromatic carbocycles. The van der Waals surface area contributed by atoms with Crippen molar-refractivity contribution in [2.24, 2.45) is 4.99 Å². The Bertz CT molecular complexity index is 747. The number of pyridine rings is 1. The molecular weight excluding hydrogens is 284 g/mol. The highest BCUT2D eigenvalue weighted by Gasteiger charge is 2.14. The maximum Gasteiger partial charge on any atom is 0.263 e. The van der Waals surface area contributed by atoms with Gasteiger partial charge in [0, 0.05) is 11.8 Å². The molecule has 1 heterocycles. The van der Waals surface area contributed by atoms with E-state index in [2.05, 4.69) is 6.07 Å². The van der Waals surface area contributed by atoms with Crippen LogP contribution in [0.3, 0.4) is 0 Å². The summed E-state index contributed by atoms with van der Waals surface area (Å²) in [6.45, 7) is 4.04. The fraction of sp³-hybridized carbons (Fsp3) is 0.400. The lowest BCUT2D eigenvalue weighted by Crippen LogP contribution is -2.29. The van der Waals surface area contributed by atoms with E-state index in [4.69, 9.17) is 4.99 Å². The Hall–Kier alpha value is -2.16. The average Bonchev–Trinajstić information content (AvgIpc) is 2.55. The number of carbonyl (C=O) groups excluding carboxylic acids is 1. The van der Waals surface area contributed by atoms with E-state index in [1.54, 1.807) is 4.57 Å². The second kappa shape index (κ2) is 6.95. The van der Waals surface area contributed by atoms with Crippen molar-refractivity contribution in [2.75, 3.05) is 0 Å². The van der Waals surface area contributed by atoms with Crippen LogP contribution in [0.2, 0.25) is 0 Å². The zero-order chi connectivity index (χ0) is 16.2. The molecule has 0 spiro atoms. The van der Waals surface area contributed by atoms with Gasteiger partial charge in [0.2, 0.25) is 0 Å². The average molecular weight is 308 g/mol. The summed E-state index contributed by atoms with van der Waals surface area (Å²) in [5, 5.41) is 0. The third-order valence-electron chi connectivity index (χ3n) is 4.42. The molecule has 0 atom stereocenters. The predicted octanol–water partition coefficient (Wildman–Crippen LogP) is 4.03. The molecule has 120 valence electrons. The molecule has 3 rings (SSSR count). The fourth-order valence-electron chi connectivity index (χ4n) is 3.35. The van der Waals surface area contributed by atoms with Gasteiger partial charge in [-0.05, 0) is 51.0 Å². The summed E-state index contributed by atoms with van der Waals surface area (Å²) in [5.41, 5.74) is 3.70. The third kappa shape index (κ3) is 3.79. The minimum Gasteiger partial charge on any atom is -0.268 e. The molecule has 3 heteroatoms. The van der Waals surface area contributed by atoms with Crippen LogP contribution < -0.4 is 5.49 Å². The maximum atomic E-state index is 12.9. The maximum absolute atomic E-state index is 12.9. The molecule has 0 amide bonds. The van der Waals surface area contributed by atoms with Crippen molar-refractivity contribution in [1.29, 1.82) is 0 Å². The lowest BCUT2D eigenvalue weighted by Gasteiger charge is -2.17. The van der Waals surface area contributed by atoms with Crippen molar-refractivity contribution in [3.8, 4) is 0 Å². The van der Waals surface area contributed by atoms with Gasteiger partial charge in [-0.2, -0.15) is 0 Å². The first-order valence-corrected chi connectivity index (χ1v) is 8.48. The number of aromatic nitrogens is 1. The molecule has 1 aliphatic carbocycles. The van der Waals surface area contributed by atoms with Crippen LogP contribution >= 0.6 is 0 Å². The van der Waals surface area contributed by atoms with Crippen molar-refractivity contribution in [1.82, 2.24) is 4.57 Å². The van der Waals surface area contributed by atoms with Crippen LogP contribution in [-0.4, -0.2) is 16.5 Å². The van der Waals surface area contributed by atoms with Gasteiger partial charge in [-0.25, -0.2) is 0 Å². The van der Waals surface area contributed by atoms with Gasteiger partial charge in [-0.15, -0.1) is 0 Å². The SMILES string of the molecule is Cc1cc(C)cc(C(=O)n2ccccc2=NC2CCCCC2)c1. The highest BCUT2D eigenvalue weighted by molar-refractivity contribution is 5.96. The summed E-state index contributed by atoms with van der Waals surface area (Å²) in [7, 11) is 0. The molecule has 0 radical (unpaired) electrons. The van der Waals surface area contributed by atoms with Gasteiger partial charge in [-0.3, -0.25) is 14.4 Å². The van der Waals surface area contributed by atoms with E-state index in [-0.39, 0.29) is 5.91 Å². The van der Waals surface area contributed by atoms with Crippen LogP contribution in [-0.2, 0) is 0 Å². The van der Waals surface area contributed by atoms with Crippen LogP contribution in [0.4, 0.5) is 0 Å². The summed E-state index contributed by atoms with van der Waals surface area (Å²) in [4.78, 5) is 17.8. The zero-order valence-corrected chi connectivity index (χ0v) is 14.0. The second-order valence-electron chi connectivity index (χ2n) is 6.53. The van der Waals surface area contributed by atoms with E-state index in [0.29, 0.717) is 6.04 Å². The lowest BCUT2D eigenvalue weighted by atomic mass is 9.96. The first-order valence-electron chi connectivity index (χ1n) is 8.48. The molecule has 23 heavy (non-hydrogen) atoms. The molecule has 0 N–H and O–H groups in total. The first kappa shape index (κ1) is 15.7. The van der Waals surface area contributed by atoms with Gasteiger partial charge in [-0.1, -0.05) is 42.5 Å². The number of benzene rings is 1. The number of rotatable bonds is 2. The van der Waals surface area contributed by atoms with Crippen LogP contribution in [0.1, 0.15) is 53.6 Å². The van der Waals surface area contributed by atoms with Gasteiger partial charge < -0.3 is 0 Å².